The smallest absolute Gasteiger partial charge is 0.310 e. The van der Waals surface area contributed by atoms with Crippen molar-refractivity contribution in [3.63, 3.8) is 0 Å². The number of hydrogen-bond donors (Lipinski definition) is 1. The summed E-state index contributed by atoms with van der Waals surface area (Å²) >= 11 is 0. The number of esters is 1. The molecule has 1 heterocycles. The maximum Gasteiger partial charge on any atom is 0.310 e. The summed E-state index contributed by atoms with van der Waals surface area (Å²) in [5, 5.41) is 0. The van der Waals surface area contributed by atoms with Gasteiger partial charge in [-0.2, -0.15) is 0 Å². The molecule has 1 atom stereocenters. The van der Waals surface area contributed by atoms with Crippen molar-refractivity contribution >= 4 is 27.8 Å². The SMILES string of the molecule is CCOC(=O)C1CCCN(C(=O)CN(C)C(=O)c2ccc(OC)c(S(=O)(=O)NC(C)C)c2)C1. The highest BCUT2D eigenvalue weighted by molar-refractivity contribution is 7.89. The monoisotopic (exact) mass is 483 g/mol. The molecule has 1 saturated heterocycles. The Morgan fingerprint density at radius 2 is 1.97 bits per heavy atom. The Labute approximate surface area is 195 Å². The van der Waals surface area contributed by atoms with E-state index in [0.717, 1.165) is 0 Å². The zero-order valence-corrected chi connectivity index (χ0v) is 20.6. The molecule has 1 aromatic carbocycles. The van der Waals surface area contributed by atoms with Gasteiger partial charge in [0.2, 0.25) is 15.9 Å². The van der Waals surface area contributed by atoms with Gasteiger partial charge in [0.05, 0.1) is 26.2 Å². The van der Waals surface area contributed by atoms with Gasteiger partial charge in [-0.25, -0.2) is 13.1 Å². The van der Waals surface area contributed by atoms with Crippen molar-refractivity contribution in [1.82, 2.24) is 14.5 Å². The van der Waals surface area contributed by atoms with Crippen LogP contribution in [0.4, 0.5) is 0 Å². The maximum absolute atomic E-state index is 12.9. The lowest BCUT2D eigenvalue weighted by atomic mass is 9.98. The van der Waals surface area contributed by atoms with Crippen molar-refractivity contribution in [2.75, 3.05) is 40.4 Å². The van der Waals surface area contributed by atoms with Crippen molar-refractivity contribution in [3.05, 3.63) is 23.8 Å². The molecule has 2 rings (SSSR count). The summed E-state index contributed by atoms with van der Waals surface area (Å²) in [5.74, 6) is -1.38. The second kappa shape index (κ2) is 11.5. The van der Waals surface area contributed by atoms with Crippen LogP contribution in [-0.4, -0.2) is 82.4 Å². The molecule has 10 nitrogen and oxygen atoms in total. The highest BCUT2D eigenvalue weighted by atomic mass is 32.2. The van der Waals surface area contributed by atoms with E-state index in [4.69, 9.17) is 9.47 Å². The standard InChI is InChI=1S/C22H33N3O7S/c1-6-32-22(28)17-8-7-11-25(13-17)20(26)14-24(4)21(27)16-9-10-18(31-5)19(12-16)33(29,30)23-15(2)3/h9-10,12,15,17,23H,6-8,11,13-14H2,1-5H3. The lowest BCUT2D eigenvalue weighted by Gasteiger charge is -2.32. The molecule has 1 aromatic rings. The number of amides is 2. The highest BCUT2D eigenvalue weighted by Crippen LogP contribution is 2.26. The Kier molecular flexibility index (Phi) is 9.24. The number of methoxy groups -OCH3 is 1. The number of nitrogens with one attached hydrogen (secondary N) is 1. The Morgan fingerprint density at radius 3 is 2.58 bits per heavy atom. The Morgan fingerprint density at radius 1 is 1.27 bits per heavy atom. The molecule has 2 amide bonds. The molecule has 1 unspecified atom stereocenters. The third-order valence-corrected chi connectivity index (χ3v) is 6.88. The summed E-state index contributed by atoms with van der Waals surface area (Å²) in [6.07, 6.45) is 1.33. The van der Waals surface area contributed by atoms with E-state index in [1.165, 1.54) is 37.3 Å². The molecule has 0 saturated carbocycles. The largest absolute Gasteiger partial charge is 0.495 e. The van der Waals surface area contributed by atoms with Gasteiger partial charge in [0, 0.05) is 31.7 Å². The van der Waals surface area contributed by atoms with Gasteiger partial charge >= 0.3 is 5.97 Å². The minimum atomic E-state index is -3.91. The first kappa shape index (κ1) is 26.6. The number of rotatable bonds is 9. The van der Waals surface area contributed by atoms with Crippen molar-refractivity contribution in [3.8, 4) is 5.75 Å². The fraction of sp³-hybridized carbons (Fsp3) is 0.591. The average Bonchev–Trinajstić information content (AvgIpc) is 2.77. The Hall–Kier alpha value is -2.66. The van der Waals surface area contributed by atoms with Gasteiger partial charge in [0.15, 0.2) is 0 Å². The molecular weight excluding hydrogens is 450 g/mol. The highest BCUT2D eigenvalue weighted by Gasteiger charge is 2.30. The number of likely N-dealkylation sites (N-methyl/N-ethyl adjacent to an activating group) is 1. The third kappa shape index (κ3) is 6.91. The van der Waals surface area contributed by atoms with Crippen LogP contribution < -0.4 is 9.46 Å². The minimum absolute atomic E-state index is 0.108. The van der Waals surface area contributed by atoms with E-state index < -0.39 is 15.9 Å². The lowest BCUT2D eigenvalue weighted by Crippen LogP contribution is -2.47. The molecule has 1 aliphatic rings. The van der Waals surface area contributed by atoms with E-state index in [0.29, 0.717) is 19.4 Å². The molecule has 184 valence electrons. The van der Waals surface area contributed by atoms with Gasteiger partial charge in [0.1, 0.15) is 10.6 Å². The molecule has 0 radical (unpaired) electrons. The zero-order chi connectivity index (χ0) is 24.8. The van der Waals surface area contributed by atoms with Crippen LogP contribution in [0.2, 0.25) is 0 Å². The molecule has 0 aromatic heterocycles. The number of piperidine rings is 1. The predicted octanol–water partition coefficient (Wildman–Crippen LogP) is 1.26. The van der Waals surface area contributed by atoms with E-state index in [9.17, 15) is 22.8 Å². The molecule has 1 fully saturated rings. The lowest BCUT2D eigenvalue weighted by molar-refractivity contribution is -0.151. The summed E-state index contributed by atoms with van der Waals surface area (Å²) in [5.41, 5.74) is 0.110. The number of carbonyl (C=O) groups is 3. The van der Waals surface area contributed by atoms with Gasteiger partial charge in [-0.1, -0.05) is 0 Å². The second-order valence-electron chi connectivity index (χ2n) is 8.23. The number of carbonyl (C=O) groups excluding carboxylic acids is 3. The number of likely N-dealkylation sites (tertiary alicyclic amines) is 1. The van der Waals surface area contributed by atoms with Crippen LogP contribution in [0, 0.1) is 5.92 Å². The van der Waals surface area contributed by atoms with E-state index in [1.807, 2.05) is 0 Å². The van der Waals surface area contributed by atoms with E-state index in [2.05, 4.69) is 4.72 Å². The summed E-state index contributed by atoms with van der Waals surface area (Å²) < 4.78 is 38.0. The maximum atomic E-state index is 12.9. The van der Waals surface area contributed by atoms with Gasteiger partial charge in [-0.3, -0.25) is 14.4 Å². The van der Waals surface area contributed by atoms with Crippen molar-refractivity contribution in [1.29, 1.82) is 0 Å². The van der Waals surface area contributed by atoms with Crippen LogP contribution in [-0.2, 0) is 24.3 Å². The van der Waals surface area contributed by atoms with E-state index >= 15 is 0 Å². The molecular formula is C22H33N3O7S. The predicted molar refractivity (Wildman–Crippen MR) is 121 cm³/mol. The van der Waals surface area contributed by atoms with Crippen LogP contribution in [0.5, 0.6) is 5.75 Å². The van der Waals surface area contributed by atoms with Crippen LogP contribution >= 0.6 is 0 Å². The van der Waals surface area contributed by atoms with Crippen LogP contribution in [0.15, 0.2) is 23.1 Å². The van der Waals surface area contributed by atoms with Gasteiger partial charge in [0.25, 0.3) is 5.91 Å². The average molecular weight is 484 g/mol. The summed E-state index contributed by atoms with van der Waals surface area (Å²) in [6, 6.07) is 3.76. The first-order valence-corrected chi connectivity index (χ1v) is 12.4. The molecule has 0 aliphatic carbocycles. The molecule has 0 bridgehead atoms. The fourth-order valence-electron chi connectivity index (χ4n) is 3.64. The topological polar surface area (TPSA) is 122 Å². The normalized spacial score (nSPS) is 16.4. The van der Waals surface area contributed by atoms with Crippen molar-refractivity contribution in [2.24, 2.45) is 5.92 Å². The first-order valence-electron chi connectivity index (χ1n) is 10.9. The number of ether oxygens (including phenoxy) is 2. The van der Waals surface area contributed by atoms with Gasteiger partial charge in [-0.05, 0) is 51.8 Å². The fourth-order valence-corrected chi connectivity index (χ4v) is 5.09. The number of nitrogens with zero attached hydrogens (tertiary/aromatic N) is 2. The molecule has 11 heteroatoms. The Bertz CT molecular complexity index is 978. The van der Waals surface area contributed by atoms with Crippen molar-refractivity contribution < 1.29 is 32.3 Å². The van der Waals surface area contributed by atoms with Crippen LogP contribution in [0.3, 0.4) is 0 Å². The van der Waals surface area contributed by atoms with Gasteiger partial charge in [-0.15, -0.1) is 0 Å². The molecule has 1 N–H and O–H groups in total. The van der Waals surface area contributed by atoms with Crippen LogP contribution in [0.25, 0.3) is 0 Å². The minimum Gasteiger partial charge on any atom is -0.495 e. The van der Waals surface area contributed by atoms with Gasteiger partial charge < -0.3 is 19.3 Å². The number of benzene rings is 1. The Balaban J connectivity index is 2.14. The zero-order valence-electron chi connectivity index (χ0n) is 19.8. The second-order valence-corrected chi connectivity index (χ2v) is 9.92. The van der Waals surface area contributed by atoms with Crippen LogP contribution in [0.1, 0.15) is 44.0 Å². The summed E-state index contributed by atoms with van der Waals surface area (Å²) in [4.78, 5) is 40.4. The summed E-state index contributed by atoms with van der Waals surface area (Å²) in [6.45, 7) is 5.95. The first-order chi connectivity index (χ1) is 15.5. The summed E-state index contributed by atoms with van der Waals surface area (Å²) in [7, 11) is -1.09. The molecule has 1 aliphatic heterocycles. The number of hydrogen-bond acceptors (Lipinski definition) is 7. The molecule has 33 heavy (non-hydrogen) atoms. The quantitative estimate of drug-likeness (QED) is 0.525. The van der Waals surface area contributed by atoms with Crippen molar-refractivity contribution in [2.45, 2.75) is 44.6 Å². The third-order valence-electron chi connectivity index (χ3n) is 5.20. The van der Waals surface area contributed by atoms with E-state index in [-0.39, 0.29) is 59.7 Å². The van der Waals surface area contributed by atoms with E-state index in [1.54, 1.807) is 25.7 Å². The number of sulfonamides is 1. The molecule has 0 spiro atoms.